The second kappa shape index (κ2) is 8.60. The van der Waals surface area contributed by atoms with Gasteiger partial charge in [-0.2, -0.15) is 4.98 Å². The van der Waals surface area contributed by atoms with Gasteiger partial charge in [-0.25, -0.2) is 15.0 Å². The standard InChI is InChI=1S/C20H25N7O/c1-12(14(3)16-10-24-20(21)27-19(16)28-4)8-23-18-7-17(25-11-26-18)15-6-5-13(2)22-9-15/h5-7,9-12,14H,8H2,1-4H3,(H2,21,24,27)(H,23,25,26)/t12-,14?/m1/s1. The topological polar surface area (TPSA) is 112 Å². The number of nitrogens with two attached hydrogens (primary N) is 1. The zero-order valence-electron chi connectivity index (χ0n) is 16.5. The van der Waals surface area contributed by atoms with E-state index in [4.69, 9.17) is 10.5 Å². The van der Waals surface area contributed by atoms with E-state index in [1.54, 1.807) is 19.6 Å². The molecule has 146 valence electrons. The van der Waals surface area contributed by atoms with Crippen LogP contribution in [0.5, 0.6) is 5.88 Å². The maximum atomic E-state index is 5.65. The monoisotopic (exact) mass is 379 g/mol. The molecular formula is C20H25N7O. The van der Waals surface area contributed by atoms with Crippen molar-refractivity contribution >= 4 is 11.8 Å². The van der Waals surface area contributed by atoms with E-state index in [2.05, 4.69) is 44.1 Å². The summed E-state index contributed by atoms with van der Waals surface area (Å²) in [6.45, 7) is 6.95. The smallest absolute Gasteiger partial charge is 0.223 e. The molecule has 3 aromatic heterocycles. The van der Waals surface area contributed by atoms with Crippen LogP contribution in [0.25, 0.3) is 11.3 Å². The molecule has 3 rings (SSSR count). The first-order chi connectivity index (χ1) is 13.5. The Kier molecular flexibility index (Phi) is 5.98. The lowest BCUT2D eigenvalue weighted by Crippen LogP contribution is -2.19. The number of methoxy groups -OCH3 is 1. The molecule has 3 aromatic rings. The summed E-state index contributed by atoms with van der Waals surface area (Å²) in [4.78, 5) is 21.3. The molecule has 8 nitrogen and oxygen atoms in total. The second-order valence-corrected chi connectivity index (χ2v) is 6.82. The summed E-state index contributed by atoms with van der Waals surface area (Å²) in [5.41, 5.74) is 9.35. The van der Waals surface area contributed by atoms with Crippen molar-refractivity contribution in [2.75, 3.05) is 24.7 Å². The van der Waals surface area contributed by atoms with Gasteiger partial charge in [0.15, 0.2) is 0 Å². The maximum Gasteiger partial charge on any atom is 0.223 e. The first-order valence-corrected chi connectivity index (χ1v) is 9.13. The third-order valence-electron chi connectivity index (χ3n) is 4.82. The fourth-order valence-electron chi connectivity index (χ4n) is 2.84. The van der Waals surface area contributed by atoms with Crippen LogP contribution in [0.2, 0.25) is 0 Å². The van der Waals surface area contributed by atoms with E-state index in [9.17, 15) is 0 Å². The van der Waals surface area contributed by atoms with Crippen LogP contribution < -0.4 is 15.8 Å². The molecule has 0 fully saturated rings. The van der Waals surface area contributed by atoms with Crippen molar-refractivity contribution in [2.45, 2.75) is 26.7 Å². The molecule has 2 atom stereocenters. The summed E-state index contributed by atoms with van der Waals surface area (Å²) in [6.07, 6.45) is 5.11. The molecule has 0 amide bonds. The number of nitrogen functional groups attached to an aromatic ring is 1. The van der Waals surface area contributed by atoms with E-state index in [1.807, 2.05) is 31.3 Å². The number of nitrogens with zero attached hydrogens (tertiary/aromatic N) is 5. The predicted octanol–water partition coefficient (Wildman–Crippen LogP) is 3.08. The highest BCUT2D eigenvalue weighted by Crippen LogP contribution is 2.30. The van der Waals surface area contributed by atoms with Crippen molar-refractivity contribution in [1.82, 2.24) is 24.9 Å². The van der Waals surface area contributed by atoms with Gasteiger partial charge in [0.05, 0.1) is 12.8 Å². The van der Waals surface area contributed by atoms with Crippen LogP contribution in [-0.4, -0.2) is 38.6 Å². The van der Waals surface area contributed by atoms with Crippen molar-refractivity contribution in [3.63, 3.8) is 0 Å². The average Bonchev–Trinajstić information content (AvgIpc) is 2.72. The lowest BCUT2D eigenvalue weighted by Gasteiger charge is -2.22. The van der Waals surface area contributed by atoms with Crippen LogP contribution in [0, 0.1) is 12.8 Å². The first-order valence-electron chi connectivity index (χ1n) is 9.13. The first kappa shape index (κ1) is 19.5. The zero-order chi connectivity index (χ0) is 20.1. The molecule has 1 unspecified atom stereocenters. The number of ether oxygens (including phenoxy) is 1. The number of hydrogen-bond acceptors (Lipinski definition) is 8. The van der Waals surface area contributed by atoms with Gasteiger partial charge >= 0.3 is 0 Å². The maximum absolute atomic E-state index is 5.65. The van der Waals surface area contributed by atoms with Crippen LogP contribution in [0.3, 0.4) is 0 Å². The molecule has 8 heteroatoms. The summed E-state index contributed by atoms with van der Waals surface area (Å²) in [5.74, 6) is 1.94. The van der Waals surface area contributed by atoms with Crippen molar-refractivity contribution < 1.29 is 4.74 Å². The van der Waals surface area contributed by atoms with E-state index in [1.165, 1.54) is 0 Å². The molecule has 0 bridgehead atoms. The second-order valence-electron chi connectivity index (χ2n) is 6.82. The third-order valence-corrected chi connectivity index (χ3v) is 4.82. The van der Waals surface area contributed by atoms with Gasteiger partial charge in [-0.05, 0) is 30.9 Å². The Hall–Kier alpha value is -3.29. The molecule has 0 saturated heterocycles. The quantitative estimate of drug-likeness (QED) is 0.644. The Balaban J connectivity index is 1.68. The van der Waals surface area contributed by atoms with E-state index in [0.717, 1.165) is 34.9 Å². The summed E-state index contributed by atoms with van der Waals surface area (Å²) in [5, 5.41) is 3.39. The molecule has 28 heavy (non-hydrogen) atoms. The van der Waals surface area contributed by atoms with Crippen molar-refractivity contribution in [1.29, 1.82) is 0 Å². The largest absolute Gasteiger partial charge is 0.481 e. The minimum atomic E-state index is 0.172. The normalized spacial score (nSPS) is 13.0. The summed E-state index contributed by atoms with van der Waals surface area (Å²) < 4.78 is 5.36. The fourth-order valence-corrected chi connectivity index (χ4v) is 2.84. The molecule has 3 heterocycles. The number of nitrogens with one attached hydrogen (secondary N) is 1. The predicted molar refractivity (Wildman–Crippen MR) is 109 cm³/mol. The summed E-state index contributed by atoms with van der Waals surface area (Å²) >= 11 is 0. The van der Waals surface area contributed by atoms with Crippen LogP contribution in [0.4, 0.5) is 11.8 Å². The number of hydrogen-bond donors (Lipinski definition) is 2. The Labute approximate surface area is 164 Å². The molecule has 0 aliphatic heterocycles. The zero-order valence-corrected chi connectivity index (χ0v) is 16.5. The molecular weight excluding hydrogens is 354 g/mol. The Morgan fingerprint density at radius 2 is 1.93 bits per heavy atom. The minimum Gasteiger partial charge on any atom is -0.481 e. The van der Waals surface area contributed by atoms with E-state index >= 15 is 0 Å². The van der Waals surface area contributed by atoms with Gasteiger partial charge < -0.3 is 15.8 Å². The van der Waals surface area contributed by atoms with Gasteiger partial charge in [-0.1, -0.05) is 13.8 Å². The van der Waals surface area contributed by atoms with Crippen LogP contribution in [0.15, 0.2) is 36.9 Å². The summed E-state index contributed by atoms with van der Waals surface area (Å²) in [7, 11) is 1.59. The highest BCUT2D eigenvalue weighted by molar-refractivity contribution is 5.61. The SMILES string of the molecule is COc1nc(N)ncc1C(C)[C@H](C)CNc1cc(-c2ccc(C)nc2)ncn1. The number of aromatic nitrogens is 5. The van der Waals surface area contributed by atoms with Crippen molar-refractivity contribution in [3.05, 3.63) is 48.2 Å². The number of anilines is 2. The number of pyridine rings is 1. The number of aryl methyl sites for hydroxylation is 1. The van der Waals surface area contributed by atoms with Crippen molar-refractivity contribution in [2.24, 2.45) is 5.92 Å². The molecule has 0 radical (unpaired) electrons. The van der Waals surface area contributed by atoms with Gasteiger partial charge in [-0.3, -0.25) is 4.98 Å². The van der Waals surface area contributed by atoms with Crippen LogP contribution >= 0.6 is 0 Å². The van der Waals surface area contributed by atoms with Gasteiger partial charge in [0.1, 0.15) is 12.1 Å². The molecule has 0 aliphatic rings. The Morgan fingerprint density at radius 3 is 2.64 bits per heavy atom. The average molecular weight is 379 g/mol. The van der Waals surface area contributed by atoms with E-state index < -0.39 is 0 Å². The highest BCUT2D eigenvalue weighted by atomic mass is 16.5. The molecule has 0 saturated carbocycles. The van der Waals surface area contributed by atoms with Crippen LogP contribution in [-0.2, 0) is 0 Å². The van der Waals surface area contributed by atoms with E-state index in [-0.39, 0.29) is 17.8 Å². The van der Waals surface area contributed by atoms with Gasteiger partial charge in [0.2, 0.25) is 11.8 Å². The third kappa shape index (κ3) is 4.51. The number of rotatable bonds is 7. The Morgan fingerprint density at radius 1 is 1.11 bits per heavy atom. The van der Waals surface area contributed by atoms with E-state index in [0.29, 0.717) is 5.88 Å². The molecule has 0 aromatic carbocycles. The fraction of sp³-hybridized carbons (Fsp3) is 0.350. The lowest BCUT2D eigenvalue weighted by atomic mass is 9.90. The molecule has 0 aliphatic carbocycles. The minimum absolute atomic E-state index is 0.172. The lowest BCUT2D eigenvalue weighted by molar-refractivity contribution is 0.380. The Bertz CT molecular complexity index is 930. The van der Waals surface area contributed by atoms with Crippen molar-refractivity contribution in [3.8, 4) is 17.1 Å². The van der Waals surface area contributed by atoms with Gasteiger partial charge in [-0.15, -0.1) is 0 Å². The molecule has 0 spiro atoms. The van der Waals surface area contributed by atoms with Crippen LogP contribution in [0.1, 0.15) is 31.0 Å². The highest BCUT2D eigenvalue weighted by Gasteiger charge is 2.20. The van der Waals surface area contributed by atoms with Gasteiger partial charge in [0, 0.05) is 41.8 Å². The molecule has 3 N–H and O–H groups in total. The van der Waals surface area contributed by atoms with Gasteiger partial charge in [0.25, 0.3) is 0 Å². The summed E-state index contributed by atoms with van der Waals surface area (Å²) in [6, 6.07) is 5.90.